The minimum Gasteiger partial charge on any atom is -0.458 e. The van der Waals surface area contributed by atoms with Crippen LogP contribution in [0.2, 0.25) is 0 Å². The molecule has 84 valence electrons. The molecular weight excluding hydrogens is 186 g/mol. The van der Waals surface area contributed by atoms with Crippen LogP contribution in [0.25, 0.3) is 0 Å². The van der Waals surface area contributed by atoms with Crippen LogP contribution in [0.5, 0.6) is 0 Å². The molecule has 0 aromatic carbocycles. The lowest BCUT2D eigenvalue weighted by Gasteiger charge is -2.28. The number of esters is 1. The Bertz CT molecular complexity index is 199. The van der Waals surface area contributed by atoms with Crippen molar-refractivity contribution in [2.45, 2.75) is 38.9 Å². The minimum absolute atomic E-state index is 0.0540. The monoisotopic (exact) mass is 205 g/mol. The maximum absolute atomic E-state index is 11.6. The van der Waals surface area contributed by atoms with E-state index in [1.807, 2.05) is 0 Å². The van der Waals surface area contributed by atoms with E-state index in [-0.39, 0.29) is 6.61 Å². The summed E-state index contributed by atoms with van der Waals surface area (Å²) in [5.41, 5.74) is -1.81. The molecular formula is C9H19NO4. The van der Waals surface area contributed by atoms with Crippen LogP contribution in [0.1, 0.15) is 27.7 Å². The van der Waals surface area contributed by atoms with Crippen LogP contribution in [-0.4, -0.2) is 30.9 Å². The summed E-state index contributed by atoms with van der Waals surface area (Å²) in [4.78, 5) is 16.2. The van der Waals surface area contributed by atoms with E-state index in [9.17, 15) is 4.79 Å². The predicted molar refractivity (Wildman–Crippen MR) is 51.4 cm³/mol. The predicted octanol–water partition coefficient (Wildman–Crippen LogP) is 0.624. The first-order valence-electron chi connectivity index (χ1n) is 4.35. The molecule has 14 heavy (non-hydrogen) atoms. The molecule has 0 saturated carbocycles. The minimum atomic E-state index is -1.25. The van der Waals surface area contributed by atoms with E-state index in [1.165, 1.54) is 14.0 Å². The van der Waals surface area contributed by atoms with Gasteiger partial charge < -0.3 is 9.47 Å². The summed E-state index contributed by atoms with van der Waals surface area (Å²) in [6.45, 7) is 6.89. The highest BCUT2D eigenvalue weighted by atomic mass is 16.7. The van der Waals surface area contributed by atoms with Crippen molar-refractivity contribution in [3.63, 3.8) is 0 Å². The van der Waals surface area contributed by atoms with Gasteiger partial charge >= 0.3 is 5.97 Å². The van der Waals surface area contributed by atoms with Crippen molar-refractivity contribution in [3.05, 3.63) is 0 Å². The molecule has 5 nitrogen and oxygen atoms in total. The lowest BCUT2D eigenvalue weighted by Crippen LogP contribution is -2.48. The van der Waals surface area contributed by atoms with E-state index >= 15 is 0 Å². The van der Waals surface area contributed by atoms with Gasteiger partial charge in [0, 0.05) is 7.11 Å². The van der Waals surface area contributed by atoms with Gasteiger partial charge in [-0.3, -0.25) is 4.84 Å². The van der Waals surface area contributed by atoms with Crippen LogP contribution in [0.4, 0.5) is 0 Å². The van der Waals surface area contributed by atoms with Gasteiger partial charge in [0.1, 0.15) is 5.60 Å². The standard InChI is InChI=1S/C9H19NO4/c1-8(2,3)13-7(11)9(4,14-10)6-12-5/h6,10H2,1-5H3/t9-/m0/s1. The fraction of sp³-hybridized carbons (Fsp3) is 0.889. The Labute approximate surface area is 84.5 Å². The summed E-state index contributed by atoms with van der Waals surface area (Å²) < 4.78 is 9.95. The number of rotatable bonds is 4. The second kappa shape index (κ2) is 4.72. The maximum Gasteiger partial charge on any atom is 0.343 e. The smallest absolute Gasteiger partial charge is 0.343 e. The summed E-state index contributed by atoms with van der Waals surface area (Å²) in [5.74, 6) is 4.50. The van der Waals surface area contributed by atoms with Crippen LogP contribution in [0, 0.1) is 0 Å². The molecule has 0 saturated heterocycles. The van der Waals surface area contributed by atoms with Gasteiger partial charge in [0.2, 0.25) is 5.60 Å². The highest BCUT2D eigenvalue weighted by Crippen LogP contribution is 2.16. The molecule has 0 fully saturated rings. The number of hydrogen-bond acceptors (Lipinski definition) is 5. The second-order valence-electron chi connectivity index (χ2n) is 4.28. The van der Waals surface area contributed by atoms with E-state index in [2.05, 4.69) is 4.84 Å². The van der Waals surface area contributed by atoms with Gasteiger partial charge in [-0.15, -0.1) is 0 Å². The quantitative estimate of drug-likeness (QED) is 0.538. The molecule has 0 aliphatic rings. The Hall–Kier alpha value is -0.650. The third-order valence-corrected chi connectivity index (χ3v) is 1.51. The average molecular weight is 205 g/mol. The summed E-state index contributed by atoms with van der Waals surface area (Å²) in [5, 5.41) is 0. The van der Waals surface area contributed by atoms with Gasteiger partial charge in [0.25, 0.3) is 0 Å². The molecule has 0 aromatic heterocycles. The lowest BCUT2D eigenvalue weighted by atomic mass is 10.1. The van der Waals surface area contributed by atoms with Crippen molar-refractivity contribution in [3.8, 4) is 0 Å². The van der Waals surface area contributed by atoms with E-state index in [0.717, 1.165) is 0 Å². The first kappa shape index (κ1) is 13.4. The molecule has 0 radical (unpaired) electrons. The molecule has 0 unspecified atom stereocenters. The summed E-state index contributed by atoms with van der Waals surface area (Å²) in [6, 6.07) is 0. The maximum atomic E-state index is 11.6. The summed E-state index contributed by atoms with van der Waals surface area (Å²) >= 11 is 0. The zero-order valence-corrected chi connectivity index (χ0v) is 9.42. The third-order valence-electron chi connectivity index (χ3n) is 1.51. The molecule has 0 bridgehead atoms. The molecule has 0 rings (SSSR count). The van der Waals surface area contributed by atoms with Gasteiger partial charge in [-0.1, -0.05) is 0 Å². The van der Waals surface area contributed by atoms with Crippen molar-refractivity contribution in [1.29, 1.82) is 0 Å². The number of methoxy groups -OCH3 is 1. The van der Waals surface area contributed by atoms with Crippen molar-refractivity contribution < 1.29 is 19.1 Å². The zero-order valence-electron chi connectivity index (χ0n) is 9.42. The Kier molecular flexibility index (Phi) is 4.51. The molecule has 0 amide bonds. The van der Waals surface area contributed by atoms with Gasteiger partial charge in [0.15, 0.2) is 0 Å². The molecule has 2 N–H and O–H groups in total. The van der Waals surface area contributed by atoms with Crippen LogP contribution < -0.4 is 5.90 Å². The lowest BCUT2D eigenvalue weighted by molar-refractivity contribution is -0.188. The van der Waals surface area contributed by atoms with E-state index in [4.69, 9.17) is 15.4 Å². The molecule has 5 heteroatoms. The Balaban J connectivity index is 4.46. The Morgan fingerprint density at radius 1 is 1.29 bits per heavy atom. The van der Waals surface area contributed by atoms with Gasteiger partial charge in [0.05, 0.1) is 6.61 Å². The van der Waals surface area contributed by atoms with Gasteiger partial charge in [-0.05, 0) is 27.7 Å². The first-order valence-corrected chi connectivity index (χ1v) is 4.35. The Morgan fingerprint density at radius 3 is 2.07 bits per heavy atom. The first-order chi connectivity index (χ1) is 6.25. The largest absolute Gasteiger partial charge is 0.458 e. The fourth-order valence-electron chi connectivity index (χ4n) is 0.803. The van der Waals surface area contributed by atoms with Crippen molar-refractivity contribution in [2.24, 2.45) is 5.90 Å². The number of ether oxygens (including phenoxy) is 2. The van der Waals surface area contributed by atoms with Gasteiger partial charge in [-0.2, -0.15) is 0 Å². The highest BCUT2D eigenvalue weighted by molar-refractivity contribution is 5.79. The molecule has 0 aliphatic heterocycles. The average Bonchev–Trinajstić information content (AvgIpc) is 2.01. The molecule has 0 spiro atoms. The third kappa shape index (κ3) is 4.04. The van der Waals surface area contributed by atoms with Crippen LogP contribution in [0.3, 0.4) is 0 Å². The molecule has 0 aliphatic carbocycles. The highest BCUT2D eigenvalue weighted by Gasteiger charge is 2.38. The summed E-state index contributed by atoms with van der Waals surface area (Å²) in [6.07, 6.45) is 0. The topological polar surface area (TPSA) is 70.8 Å². The zero-order chi connectivity index (χ0) is 11.4. The number of carbonyl (C=O) groups is 1. The number of nitrogens with two attached hydrogens (primary N) is 1. The van der Waals surface area contributed by atoms with Crippen LogP contribution in [0.15, 0.2) is 0 Å². The molecule has 0 heterocycles. The summed E-state index contributed by atoms with van der Waals surface area (Å²) in [7, 11) is 1.46. The number of carbonyl (C=O) groups excluding carboxylic acids is 1. The van der Waals surface area contributed by atoms with E-state index < -0.39 is 17.2 Å². The van der Waals surface area contributed by atoms with Crippen molar-refractivity contribution in [2.75, 3.05) is 13.7 Å². The normalized spacial score (nSPS) is 16.1. The number of hydrogen-bond donors (Lipinski definition) is 1. The Morgan fingerprint density at radius 2 is 1.79 bits per heavy atom. The van der Waals surface area contributed by atoms with Crippen LogP contribution in [-0.2, 0) is 19.1 Å². The fourth-order valence-corrected chi connectivity index (χ4v) is 0.803. The van der Waals surface area contributed by atoms with Crippen molar-refractivity contribution in [1.82, 2.24) is 0 Å². The van der Waals surface area contributed by atoms with Crippen LogP contribution >= 0.6 is 0 Å². The molecule has 0 aromatic rings. The second-order valence-corrected chi connectivity index (χ2v) is 4.28. The SMILES string of the molecule is COC[C@](C)(ON)C(=O)OC(C)(C)C. The van der Waals surface area contributed by atoms with E-state index in [0.29, 0.717) is 0 Å². The molecule has 1 atom stereocenters. The van der Waals surface area contributed by atoms with Crippen molar-refractivity contribution >= 4 is 5.97 Å². The van der Waals surface area contributed by atoms with E-state index in [1.54, 1.807) is 20.8 Å². The van der Waals surface area contributed by atoms with Gasteiger partial charge in [-0.25, -0.2) is 10.7 Å².